The van der Waals surface area contributed by atoms with E-state index in [1.165, 1.54) is 7.11 Å². The summed E-state index contributed by atoms with van der Waals surface area (Å²) in [6.07, 6.45) is 20.0. The van der Waals surface area contributed by atoms with Gasteiger partial charge in [-0.25, -0.2) is 0 Å². The normalized spacial score (nSPS) is 36.1. The number of aliphatic hydroxyl groups is 1. The monoisotopic (exact) mass is 910 g/mol. The predicted octanol–water partition coefficient (Wildman–Crippen LogP) is 9.39. The molecule has 0 aromatic rings. The summed E-state index contributed by atoms with van der Waals surface area (Å²) < 4.78 is 30.1. The van der Waals surface area contributed by atoms with Gasteiger partial charge in [-0.15, -0.1) is 0 Å². The fourth-order valence-corrected chi connectivity index (χ4v) is 10.9. The van der Waals surface area contributed by atoms with E-state index in [-0.39, 0.29) is 65.6 Å². The molecule has 2 saturated heterocycles. The predicted molar refractivity (Wildman–Crippen MR) is 256 cm³/mol. The van der Waals surface area contributed by atoms with E-state index in [2.05, 4.69) is 31.7 Å². The number of Topliss-reactive ketones (excluding diaryl/α,β-unsaturated/α-hetero) is 3. The zero-order valence-electron chi connectivity index (χ0n) is 41.8. The SMILES string of the molecule is COCC1CCC[C@@H](C[C@@H](C)[C@@H]2CC(=O)[C@H](C)C=C(C)[C@@H](O)[C@@H](OC)C(=O)[C@H](C)C[C@H](C)C=CC=CC=C(C)[C@@H](OC)C[C@@H]3CC[C@@H](C)C(O3)C(=O)CCCN3CCCCC3C(=O)O2)C1. The van der Waals surface area contributed by atoms with Crippen molar-refractivity contribution in [3.63, 3.8) is 0 Å². The summed E-state index contributed by atoms with van der Waals surface area (Å²) in [5.41, 5.74) is 1.55. The Morgan fingerprint density at radius 2 is 1.54 bits per heavy atom. The lowest BCUT2D eigenvalue weighted by Crippen LogP contribution is -2.47. The highest BCUT2D eigenvalue weighted by Gasteiger charge is 2.38. The van der Waals surface area contributed by atoms with E-state index < -0.39 is 36.4 Å². The standard InChI is InChI=1S/C54H87NO10/c1-35-18-12-11-13-19-36(2)48(62-9)32-44-25-24-37(3)52(64-44)46(56)23-17-27-55-26-15-14-22-45(55)54(60)65-49(39(5)30-42-20-16-21-43(31-42)34-61-8)33-47(57)38(4)29-41(7)51(59)53(63-10)50(58)40(6)28-35/h11-13,18-19,29,35,37-40,42-45,48-49,51-53,59H,14-17,20-28,30-34H2,1-10H3/t35-,37-,38-,39-,40-,42+,43?,44+,45?,48+,49+,51-,52?,53+/m1/s1. The number of aliphatic hydroxyl groups excluding tert-OH is 1. The molecular weight excluding hydrogens is 823 g/mol. The van der Waals surface area contributed by atoms with Crippen LogP contribution in [0.5, 0.6) is 0 Å². The van der Waals surface area contributed by atoms with Crippen LogP contribution in [-0.2, 0) is 42.9 Å². The van der Waals surface area contributed by atoms with Crippen molar-refractivity contribution in [2.45, 2.75) is 187 Å². The van der Waals surface area contributed by atoms with Gasteiger partial charge in [-0.1, -0.05) is 90.3 Å². The van der Waals surface area contributed by atoms with Crippen LogP contribution in [0.2, 0.25) is 0 Å². The van der Waals surface area contributed by atoms with Crippen molar-refractivity contribution in [1.82, 2.24) is 4.90 Å². The Balaban J connectivity index is 1.60. The Morgan fingerprint density at radius 3 is 2.26 bits per heavy atom. The molecule has 1 N–H and O–H groups in total. The number of cyclic esters (lactones) is 1. The van der Waals surface area contributed by atoms with Crippen LogP contribution in [0.4, 0.5) is 0 Å². The number of hydrogen-bond acceptors (Lipinski definition) is 11. The number of esters is 1. The summed E-state index contributed by atoms with van der Waals surface area (Å²) in [4.78, 5) is 58.2. The molecule has 1 aliphatic carbocycles. The highest BCUT2D eigenvalue weighted by molar-refractivity contribution is 5.87. The largest absolute Gasteiger partial charge is 0.460 e. The van der Waals surface area contributed by atoms with Crippen molar-refractivity contribution >= 4 is 23.3 Å². The van der Waals surface area contributed by atoms with Gasteiger partial charge >= 0.3 is 5.97 Å². The van der Waals surface area contributed by atoms with Crippen LogP contribution in [0, 0.1) is 41.4 Å². The minimum absolute atomic E-state index is 0.0506. The smallest absolute Gasteiger partial charge is 0.323 e. The molecule has 4 rings (SSSR count). The van der Waals surface area contributed by atoms with Gasteiger partial charge in [0.25, 0.3) is 0 Å². The lowest BCUT2D eigenvalue weighted by atomic mass is 9.76. The van der Waals surface area contributed by atoms with Gasteiger partial charge in [0.15, 0.2) is 11.6 Å². The van der Waals surface area contributed by atoms with Crippen molar-refractivity contribution in [2.24, 2.45) is 41.4 Å². The first-order valence-corrected chi connectivity index (χ1v) is 25.2. The van der Waals surface area contributed by atoms with Crippen molar-refractivity contribution in [1.29, 1.82) is 0 Å². The highest BCUT2D eigenvalue weighted by Crippen LogP contribution is 2.36. The van der Waals surface area contributed by atoms with E-state index in [0.717, 1.165) is 76.5 Å². The van der Waals surface area contributed by atoms with Crippen LogP contribution < -0.4 is 0 Å². The Kier molecular flexibility index (Phi) is 23.5. The molecule has 0 radical (unpaired) electrons. The number of carbonyl (C=O) groups excluding carboxylic acids is 4. The molecule has 11 heteroatoms. The molecule has 3 fully saturated rings. The second-order valence-electron chi connectivity index (χ2n) is 20.5. The van der Waals surface area contributed by atoms with Gasteiger partial charge in [0.2, 0.25) is 0 Å². The van der Waals surface area contributed by atoms with Gasteiger partial charge in [-0.05, 0) is 125 Å². The van der Waals surface area contributed by atoms with Crippen LogP contribution in [-0.4, -0.2) is 117 Å². The minimum atomic E-state index is -1.23. The molecule has 65 heavy (non-hydrogen) atoms. The van der Waals surface area contributed by atoms with Crippen molar-refractivity contribution in [2.75, 3.05) is 41.0 Å². The van der Waals surface area contributed by atoms with Crippen LogP contribution in [0.25, 0.3) is 0 Å². The second kappa shape index (κ2) is 27.9. The molecule has 368 valence electrons. The van der Waals surface area contributed by atoms with E-state index in [0.29, 0.717) is 56.1 Å². The van der Waals surface area contributed by atoms with Gasteiger partial charge in [-0.3, -0.25) is 24.1 Å². The summed E-state index contributed by atoms with van der Waals surface area (Å²) in [5, 5.41) is 11.5. The molecule has 4 aliphatic rings. The van der Waals surface area contributed by atoms with Crippen molar-refractivity contribution in [3.8, 4) is 0 Å². The number of fused-ring (bicyclic) bond motifs is 3. The maximum absolute atomic E-state index is 14.3. The van der Waals surface area contributed by atoms with Gasteiger partial charge in [0, 0.05) is 59.0 Å². The number of hydrogen-bond donors (Lipinski definition) is 1. The molecule has 11 nitrogen and oxygen atoms in total. The molecule has 0 amide bonds. The topological polar surface area (TPSA) is 138 Å². The Bertz CT molecular complexity index is 1630. The fraction of sp³-hybridized carbons (Fsp3) is 0.778. The quantitative estimate of drug-likeness (QED) is 0.193. The third-order valence-electron chi connectivity index (χ3n) is 15.0. The van der Waals surface area contributed by atoms with Gasteiger partial charge < -0.3 is 28.8 Å². The van der Waals surface area contributed by atoms with E-state index in [9.17, 15) is 24.3 Å². The van der Waals surface area contributed by atoms with E-state index >= 15 is 0 Å². The van der Waals surface area contributed by atoms with Crippen LogP contribution in [0.15, 0.2) is 47.6 Å². The number of ether oxygens (including phenoxy) is 5. The van der Waals surface area contributed by atoms with E-state index in [4.69, 9.17) is 23.7 Å². The molecule has 14 atom stereocenters. The Labute approximate surface area is 392 Å². The van der Waals surface area contributed by atoms with Gasteiger partial charge in [0.1, 0.15) is 36.2 Å². The number of allylic oxidation sites excluding steroid dienone is 6. The maximum Gasteiger partial charge on any atom is 0.323 e. The number of piperidine rings is 1. The molecule has 3 unspecified atom stereocenters. The van der Waals surface area contributed by atoms with Crippen LogP contribution >= 0.6 is 0 Å². The van der Waals surface area contributed by atoms with E-state index in [1.807, 2.05) is 38.2 Å². The van der Waals surface area contributed by atoms with Gasteiger partial charge in [-0.2, -0.15) is 0 Å². The summed E-state index contributed by atoms with van der Waals surface area (Å²) >= 11 is 0. The van der Waals surface area contributed by atoms with Crippen LogP contribution in [0.3, 0.4) is 0 Å². The van der Waals surface area contributed by atoms with E-state index in [1.54, 1.807) is 34.1 Å². The molecule has 3 aliphatic heterocycles. The molecule has 0 spiro atoms. The van der Waals surface area contributed by atoms with Crippen LogP contribution in [0.1, 0.15) is 145 Å². The summed E-state index contributed by atoms with van der Waals surface area (Å²) in [6.45, 7) is 15.8. The zero-order chi connectivity index (χ0) is 47.6. The number of methoxy groups -OCH3 is 3. The number of carbonyl (C=O) groups is 4. The first kappa shape index (κ1) is 54.8. The Morgan fingerprint density at radius 1 is 0.800 bits per heavy atom. The first-order valence-electron chi connectivity index (χ1n) is 25.2. The average molecular weight is 910 g/mol. The second-order valence-corrected chi connectivity index (χ2v) is 20.5. The molecular formula is C54H87NO10. The molecule has 1 saturated carbocycles. The maximum atomic E-state index is 14.3. The lowest BCUT2D eigenvalue weighted by molar-refractivity contribution is -0.161. The summed E-state index contributed by atoms with van der Waals surface area (Å²) in [6, 6.07) is -0.445. The van der Waals surface area contributed by atoms with Crippen molar-refractivity contribution in [3.05, 3.63) is 47.6 Å². The number of rotatable bonds is 7. The molecule has 3 heterocycles. The fourth-order valence-electron chi connectivity index (χ4n) is 10.9. The number of ketones is 3. The summed E-state index contributed by atoms with van der Waals surface area (Å²) in [7, 11) is 4.90. The minimum Gasteiger partial charge on any atom is -0.460 e. The third kappa shape index (κ3) is 17.0. The van der Waals surface area contributed by atoms with Crippen molar-refractivity contribution < 1.29 is 48.0 Å². The molecule has 0 aromatic carbocycles. The number of nitrogens with zero attached hydrogens (tertiary/aromatic N) is 1. The third-order valence-corrected chi connectivity index (χ3v) is 15.0. The average Bonchev–Trinajstić information content (AvgIpc) is 3.28. The lowest BCUT2D eigenvalue weighted by Gasteiger charge is -2.37. The first-order chi connectivity index (χ1) is 31.1. The summed E-state index contributed by atoms with van der Waals surface area (Å²) in [5.74, 6) is -0.349. The van der Waals surface area contributed by atoms with Gasteiger partial charge in [0.05, 0.1) is 12.2 Å². The Hall–Kier alpha value is -2.80. The zero-order valence-corrected chi connectivity index (χ0v) is 41.8. The molecule has 0 aromatic heterocycles. The highest BCUT2D eigenvalue weighted by atomic mass is 16.5. The molecule has 2 bridgehead atoms.